The molecule has 0 radical (unpaired) electrons. The van der Waals surface area contributed by atoms with Crippen LogP contribution in [0.15, 0.2) is 60.7 Å². The van der Waals surface area contributed by atoms with E-state index in [-0.39, 0.29) is 6.54 Å². The number of nitrogens with zero attached hydrogens (tertiary/aromatic N) is 2. The Morgan fingerprint density at radius 3 is 2.27 bits per heavy atom. The number of likely N-dealkylation sites (N-methyl/N-ethyl adjacent to an activating group) is 1. The van der Waals surface area contributed by atoms with Crippen LogP contribution in [0.3, 0.4) is 0 Å². The van der Waals surface area contributed by atoms with Crippen molar-refractivity contribution < 1.29 is 14.4 Å². The van der Waals surface area contributed by atoms with Crippen LogP contribution < -0.4 is 15.6 Å². The predicted molar refractivity (Wildman–Crippen MR) is 97.0 cm³/mol. The molecule has 0 saturated carbocycles. The summed E-state index contributed by atoms with van der Waals surface area (Å²) < 4.78 is 0. The molecule has 1 unspecified atom stereocenters. The summed E-state index contributed by atoms with van der Waals surface area (Å²) in [4.78, 5) is 39.0. The first-order valence-corrected chi connectivity index (χ1v) is 8.20. The zero-order chi connectivity index (χ0) is 18.7. The number of hydrazine groups is 1. The lowest BCUT2D eigenvalue weighted by Crippen LogP contribution is -2.50. The van der Waals surface area contributed by atoms with E-state index in [4.69, 9.17) is 0 Å². The number of urea groups is 1. The molecule has 0 aromatic heterocycles. The minimum atomic E-state index is -1.21. The van der Waals surface area contributed by atoms with Crippen molar-refractivity contribution in [1.29, 1.82) is 0 Å². The fourth-order valence-electron chi connectivity index (χ4n) is 2.86. The highest BCUT2D eigenvalue weighted by molar-refractivity contribution is 6.08. The zero-order valence-electron chi connectivity index (χ0n) is 14.6. The van der Waals surface area contributed by atoms with Crippen molar-refractivity contribution in [2.75, 3.05) is 18.5 Å². The Morgan fingerprint density at radius 1 is 1.08 bits per heavy atom. The predicted octanol–water partition coefficient (Wildman–Crippen LogP) is 1.62. The number of imide groups is 1. The number of hydrogen-bond acceptors (Lipinski definition) is 4. The minimum absolute atomic E-state index is 0.00310. The van der Waals surface area contributed by atoms with Crippen molar-refractivity contribution in [1.82, 2.24) is 15.8 Å². The SMILES string of the molecule is CN(CC(=O)NN1C(=O)NC(C)(c2ccccc2)C1=O)c1ccccc1. The fraction of sp³-hybridized carbons (Fsp3) is 0.211. The van der Waals surface area contributed by atoms with Crippen LogP contribution in [0.25, 0.3) is 0 Å². The van der Waals surface area contributed by atoms with E-state index in [1.54, 1.807) is 43.1 Å². The van der Waals surface area contributed by atoms with Crippen LogP contribution in [0.4, 0.5) is 10.5 Å². The zero-order valence-corrected chi connectivity index (χ0v) is 14.6. The molecule has 4 amide bonds. The number of carbonyl (C=O) groups is 3. The van der Waals surface area contributed by atoms with Gasteiger partial charge in [0.25, 0.3) is 11.8 Å². The van der Waals surface area contributed by atoms with Crippen molar-refractivity contribution in [2.45, 2.75) is 12.5 Å². The normalized spacial score (nSPS) is 19.2. The molecule has 0 bridgehead atoms. The molecule has 1 aliphatic rings. The van der Waals surface area contributed by atoms with Crippen molar-refractivity contribution in [2.24, 2.45) is 0 Å². The minimum Gasteiger partial charge on any atom is -0.365 e. The molecule has 2 aromatic rings. The Morgan fingerprint density at radius 2 is 1.65 bits per heavy atom. The van der Waals surface area contributed by atoms with Gasteiger partial charge in [0.2, 0.25) is 0 Å². The maximum atomic E-state index is 12.7. The molecular weight excluding hydrogens is 332 g/mol. The molecule has 134 valence electrons. The van der Waals surface area contributed by atoms with Crippen molar-refractivity contribution in [3.05, 3.63) is 66.2 Å². The summed E-state index contributed by atoms with van der Waals surface area (Å²) in [5, 5.41) is 3.39. The van der Waals surface area contributed by atoms with E-state index < -0.39 is 23.4 Å². The van der Waals surface area contributed by atoms with Gasteiger partial charge in [0.05, 0.1) is 6.54 Å². The number of benzene rings is 2. The second kappa shape index (κ2) is 6.87. The smallest absolute Gasteiger partial charge is 0.344 e. The average molecular weight is 352 g/mol. The lowest BCUT2D eigenvalue weighted by Gasteiger charge is -2.23. The van der Waals surface area contributed by atoms with Gasteiger partial charge in [-0.15, -0.1) is 0 Å². The summed E-state index contributed by atoms with van der Waals surface area (Å²) in [6, 6.07) is 17.6. The standard InChI is InChI=1S/C19H20N4O3/c1-19(14-9-5-3-6-10-14)17(25)23(18(26)20-19)21-16(24)13-22(2)15-11-7-4-8-12-15/h3-12H,13H2,1-2H3,(H,20,26)(H,21,24). The number of rotatable bonds is 5. The molecule has 1 saturated heterocycles. The summed E-state index contributed by atoms with van der Waals surface area (Å²) in [6.45, 7) is 1.62. The third-order valence-electron chi connectivity index (χ3n) is 4.36. The second-order valence-corrected chi connectivity index (χ2v) is 6.29. The van der Waals surface area contributed by atoms with Gasteiger partial charge in [-0.1, -0.05) is 48.5 Å². The van der Waals surface area contributed by atoms with Crippen LogP contribution in [-0.4, -0.2) is 36.4 Å². The van der Waals surface area contributed by atoms with E-state index in [2.05, 4.69) is 10.7 Å². The molecular formula is C19H20N4O3. The Hall–Kier alpha value is -3.35. The summed E-state index contributed by atoms with van der Waals surface area (Å²) in [5.74, 6) is -0.985. The van der Waals surface area contributed by atoms with Gasteiger partial charge in [-0.25, -0.2) is 4.79 Å². The van der Waals surface area contributed by atoms with Crippen LogP contribution in [0.2, 0.25) is 0 Å². The van der Waals surface area contributed by atoms with E-state index in [1.165, 1.54) is 0 Å². The maximum absolute atomic E-state index is 12.7. The van der Waals surface area contributed by atoms with Gasteiger partial charge in [0.1, 0.15) is 5.54 Å². The van der Waals surface area contributed by atoms with Gasteiger partial charge in [-0.05, 0) is 24.6 Å². The van der Waals surface area contributed by atoms with Gasteiger partial charge >= 0.3 is 6.03 Å². The van der Waals surface area contributed by atoms with Crippen LogP contribution in [0.1, 0.15) is 12.5 Å². The van der Waals surface area contributed by atoms with Crippen molar-refractivity contribution in [3.63, 3.8) is 0 Å². The van der Waals surface area contributed by atoms with E-state index in [9.17, 15) is 14.4 Å². The Labute approximate surface area is 151 Å². The Balaban J connectivity index is 1.69. The molecule has 1 aliphatic heterocycles. The maximum Gasteiger partial charge on any atom is 0.344 e. The Kier molecular flexibility index (Phi) is 4.62. The molecule has 26 heavy (non-hydrogen) atoms. The summed E-state index contributed by atoms with van der Waals surface area (Å²) >= 11 is 0. The molecule has 1 fully saturated rings. The summed E-state index contributed by atoms with van der Waals surface area (Å²) in [5.41, 5.74) is 2.69. The highest BCUT2D eigenvalue weighted by atomic mass is 16.2. The number of amides is 4. The lowest BCUT2D eigenvalue weighted by atomic mass is 9.92. The van der Waals surface area contributed by atoms with Crippen molar-refractivity contribution in [3.8, 4) is 0 Å². The molecule has 7 heteroatoms. The van der Waals surface area contributed by atoms with Crippen LogP contribution >= 0.6 is 0 Å². The molecule has 2 N–H and O–H groups in total. The van der Waals surface area contributed by atoms with E-state index in [0.717, 1.165) is 10.7 Å². The molecule has 1 atom stereocenters. The molecule has 1 heterocycles. The third kappa shape index (κ3) is 3.23. The number of hydrogen-bond donors (Lipinski definition) is 2. The first-order valence-electron chi connectivity index (χ1n) is 8.20. The highest BCUT2D eigenvalue weighted by Gasteiger charge is 2.49. The largest absolute Gasteiger partial charge is 0.365 e. The van der Waals surface area contributed by atoms with Crippen LogP contribution in [-0.2, 0) is 15.1 Å². The first-order chi connectivity index (χ1) is 12.4. The number of nitrogens with one attached hydrogen (secondary N) is 2. The van der Waals surface area contributed by atoms with Gasteiger partial charge in [-0.2, -0.15) is 5.01 Å². The molecule has 2 aromatic carbocycles. The number of para-hydroxylation sites is 1. The molecule has 0 spiro atoms. The molecule has 0 aliphatic carbocycles. The monoisotopic (exact) mass is 352 g/mol. The van der Waals surface area contributed by atoms with Gasteiger partial charge in [0.15, 0.2) is 0 Å². The van der Waals surface area contributed by atoms with Gasteiger partial charge in [-0.3, -0.25) is 15.0 Å². The number of carbonyl (C=O) groups excluding carboxylic acids is 3. The van der Waals surface area contributed by atoms with Crippen LogP contribution in [0, 0.1) is 0 Å². The average Bonchev–Trinajstić information content (AvgIpc) is 2.87. The number of anilines is 1. The summed E-state index contributed by atoms with van der Waals surface area (Å²) in [7, 11) is 1.76. The second-order valence-electron chi connectivity index (χ2n) is 6.29. The summed E-state index contributed by atoms with van der Waals surface area (Å²) in [6.07, 6.45) is 0. The topological polar surface area (TPSA) is 81.8 Å². The van der Waals surface area contributed by atoms with E-state index >= 15 is 0 Å². The molecule has 3 rings (SSSR count). The van der Waals surface area contributed by atoms with E-state index in [0.29, 0.717) is 5.56 Å². The fourth-order valence-corrected chi connectivity index (χ4v) is 2.86. The highest BCUT2D eigenvalue weighted by Crippen LogP contribution is 2.27. The Bertz CT molecular complexity index is 825. The van der Waals surface area contributed by atoms with Crippen molar-refractivity contribution >= 4 is 23.5 Å². The quantitative estimate of drug-likeness (QED) is 0.801. The molecule has 7 nitrogen and oxygen atoms in total. The van der Waals surface area contributed by atoms with Crippen LogP contribution in [0.5, 0.6) is 0 Å². The lowest BCUT2D eigenvalue weighted by molar-refractivity contribution is -0.138. The van der Waals surface area contributed by atoms with Gasteiger partial charge in [0, 0.05) is 12.7 Å². The third-order valence-corrected chi connectivity index (χ3v) is 4.36. The van der Waals surface area contributed by atoms with Gasteiger partial charge < -0.3 is 10.2 Å². The van der Waals surface area contributed by atoms with E-state index in [1.807, 2.05) is 36.4 Å². The first kappa shape index (κ1) is 17.5.